The Balaban J connectivity index is 2.22. The maximum atomic E-state index is 11.8. The Morgan fingerprint density at radius 1 is 1.50 bits per heavy atom. The lowest BCUT2D eigenvalue weighted by molar-refractivity contribution is 0.0517. The van der Waals surface area contributed by atoms with Crippen molar-refractivity contribution in [2.45, 2.75) is 32.6 Å². The first-order valence-corrected chi connectivity index (χ1v) is 6.30. The molecule has 0 aromatic carbocycles. The number of aryl methyl sites for hydroxylation is 1. The molecule has 5 nitrogen and oxygen atoms in total. The molecule has 1 aromatic rings. The Morgan fingerprint density at radius 3 is 2.89 bits per heavy atom. The Kier molecular flexibility index (Phi) is 4.25. The van der Waals surface area contributed by atoms with E-state index in [0.717, 1.165) is 37.4 Å². The summed E-state index contributed by atoms with van der Waals surface area (Å²) in [5.74, 6) is 0.644. The number of ether oxygens (including phenoxy) is 2. The van der Waals surface area contributed by atoms with Crippen LogP contribution < -0.4 is 0 Å². The minimum absolute atomic E-state index is 0.285. The SMILES string of the molecule is CCOC(=O)c1nc(C2CCOCC2)ncc1C. The van der Waals surface area contributed by atoms with Crippen molar-refractivity contribution in [1.82, 2.24) is 9.97 Å². The average molecular weight is 250 g/mol. The number of hydrogen-bond acceptors (Lipinski definition) is 5. The number of rotatable bonds is 3. The van der Waals surface area contributed by atoms with Gasteiger partial charge in [-0.25, -0.2) is 14.8 Å². The van der Waals surface area contributed by atoms with E-state index in [0.29, 0.717) is 12.3 Å². The maximum absolute atomic E-state index is 11.8. The normalized spacial score (nSPS) is 16.6. The van der Waals surface area contributed by atoms with E-state index in [1.54, 1.807) is 13.1 Å². The molecule has 0 unspecified atom stereocenters. The fourth-order valence-corrected chi connectivity index (χ4v) is 2.01. The fourth-order valence-electron chi connectivity index (χ4n) is 2.01. The van der Waals surface area contributed by atoms with E-state index >= 15 is 0 Å². The zero-order valence-electron chi connectivity index (χ0n) is 10.8. The molecule has 0 bridgehead atoms. The molecular weight excluding hydrogens is 232 g/mol. The zero-order chi connectivity index (χ0) is 13.0. The molecule has 0 atom stereocenters. The van der Waals surface area contributed by atoms with Gasteiger partial charge >= 0.3 is 5.97 Å². The molecule has 0 aliphatic carbocycles. The van der Waals surface area contributed by atoms with Crippen LogP contribution in [0, 0.1) is 6.92 Å². The Labute approximate surface area is 107 Å². The third-order valence-electron chi connectivity index (χ3n) is 3.05. The smallest absolute Gasteiger partial charge is 0.357 e. The second-order valence-electron chi connectivity index (χ2n) is 4.37. The van der Waals surface area contributed by atoms with Crippen LogP contribution in [0.3, 0.4) is 0 Å². The van der Waals surface area contributed by atoms with Gasteiger partial charge < -0.3 is 9.47 Å². The Hall–Kier alpha value is -1.49. The summed E-state index contributed by atoms with van der Waals surface area (Å²) >= 11 is 0. The van der Waals surface area contributed by atoms with Gasteiger partial charge in [0.25, 0.3) is 0 Å². The molecule has 0 amide bonds. The van der Waals surface area contributed by atoms with Crippen LogP contribution in [0.1, 0.15) is 47.6 Å². The van der Waals surface area contributed by atoms with Crippen molar-refractivity contribution in [1.29, 1.82) is 0 Å². The molecule has 2 heterocycles. The number of carbonyl (C=O) groups excluding carboxylic acids is 1. The quantitative estimate of drug-likeness (QED) is 0.766. The van der Waals surface area contributed by atoms with Crippen LogP contribution in [-0.4, -0.2) is 35.8 Å². The summed E-state index contributed by atoms with van der Waals surface area (Å²) in [6.45, 7) is 5.43. The summed E-state index contributed by atoms with van der Waals surface area (Å²) in [6, 6.07) is 0. The summed E-state index contributed by atoms with van der Waals surface area (Å²) in [4.78, 5) is 20.5. The van der Waals surface area contributed by atoms with E-state index in [4.69, 9.17) is 9.47 Å². The summed E-state index contributed by atoms with van der Waals surface area (Å²) in [5, 5.41) is 0. The van der Waals surface area contributed by atoms with Crippen molar-refractivity contribution in [2.75, 3.05) is 19.8 Å². The van der Waals surface area contributed by atoms with Gasteiger partial charge in [-0.2, -0.15) is 0 Å². The van der Waals surface area contributed by atoms with Crippen molar-refractivity contribution >= 4 is 5.97 Å². The largest absolute Gasteiger partial charge is 0.461 e. The summed E-state index contributed by atoms with van der Waals surface area (Å²) < 4.78 is 10.3. The summed E-state index contributed by atoms with van der Waals surface area (Å²) in [5.41, 5.74) is 1.14. The van der Waals surface area contributed by atoms with Gasteiger partial charge in [0.1, 0.15) is 5.82 Å². The number of esters is 1. The number of hydrogen-bond donors (Lipinski definition) is 0. The van der Waals surface area contributed by atoms with Gasteiger partial charge in [0, 0.05) is 30.9 Å². The molecule has 0 N–H and O–H groups in total. The first-order chi connectivity index (χ1) is 8.72. The van der Waals surface area contributed by atoms with Crippen molar-refractivity contribution < 1.29 is 14.3 Å². The van der Waals surface area contributed by atoms with Gasteiger partial charge in [-0.05, 0) is 26.7 Å². The lowest BCUT2D eigenvalue weighted by Crippen LogP contribution is -2.19. The summed E-state index contributed by atoms with van der Waals surface area (Å²) in [7, 11) is 0. The van der Waals surface area contributed by atoms with Crippen molar-refractivity contribution in [3.05, 3.63) is 23.3 Å². The number of aromatic nitrogens is 2. The Morgan fingerprint density at radius 2 is 2.22 bits per heavy atom. The summed E-state index contributed by atoms with van der Waals surface area (Å²) in [6.07, 6.45) is 3.51. The molecule has 0 spiro atoms. The van der Waals surface area contributed by atoms with Crippen LogP contribution in [-0.2, 0) is 9.47 Å². The van der Waals surface area contributed by atoms with E-state index in [9.17, 15) is 4.79 Å². The lowest BCUT2D eigenvalue weighted by Gasteiger charge is -2.21. The first kappa shape index (κ1) is 13.0. The second kappa shape index (κ2) is 5.91. The molecule has 5 heteroatoms. The van der Waals surface area contributed by atoms with Crippen LogP contribution in [0.5, 0.6) is 0 Å². The standard InChI is InChI=1S/C13H18N2O3/c1-3-18-13(16)11-9(2)8-14-12(15-11)10-4-6-17-7-5-10/h8,10H,3-7H2,1-2H3. The monoisotopic (exact) mass is 250 g/mol. The van der Waals surface area contributed by atoms with Gasteiger partial charge in [0.15, 0.2) is 5.69 Å². The van der Waals surface area contributed by atoms with Crippen molar-refractivity contribution in [3.63, 3.8) is 0 Å². The lowest BCUT2D eigenvalue weighted by atomic mass is 9.99. The molecule has 2 rings (SSSR count). The molecule has 0 saturated carbocycles. The predicted octanol–water partition coefficient (Wildman–Crippen LogP) is 1.86. The highest BCUT2D eigenvalue weighted by molar-refractivity contribution is 5.88. The van der Waals surface area contributed by atoms with Crippen LogP contribution in [0.15, 0.2) is 6.20 Å². The molecular formula is C13H18N2O3. The maximum Gasteiger partial charge on any atom is 0.357 e. The van der Waals surface area contributed by atoms with Crippen LogP contribution >= 0.6 is 0 Å². The average Bonchev–Trinajstić information content (AvgIpc) is 2.40. The number of nitrogens with zero attached hydrogens (tertiary/aromatic N) is 2. The van der Waals surface area contributed by atoms with E-state index in [-0.39, 0.29) is 11.9 Å². The molecule has 1 fully saturated rings. The fraction of sp³-hybridized carbons (Fsp3) is 0.615. The third-order valence-corrected chi connectivity index (χ3v) is 3.05. The first-order valence-electron chi connectivity index (χ1n) is 6.30. The van der Waals surface area contributed by atoms with E-state index in [1.165, 1.54) is 0 Å². The third kappa shape index (κ3) is 2.85. The van der Waals surface area contributed by atoms with Crippen LogP contribution in [0.2, 0.25) is 0 Å². The molecule has 98 valence electrons. The van der Waals surface area contributed by atoms with E-state index < -0.39 is 0 Å². The molecule has 1 aromatic heterocycles. The van der Waals surface area contributed by atoms with Crippen molar-refractivity contribution in [2.24, 2.45) is 0 Å². The van der Waals surface area contributed by atoms with Gasteiger partial charge in [0.05, 0.1) is 6.61 Å². The molecule has 1 aliphatic heterocycles. The second-order valence-corrected chi connectivity index (χ2v) is 4.37. The molecule has 1 saturated heterocycles. The highest BCUT2D eigenvalue weighted by atomic mass is 16.5. The number of carbonyl (C=O) groups is 1. The minimum Gasteiger partial charge on any atom is -0.461 e. The van der Waals surface area contributed by atoms with Gasteiger partial charge in [-0.15, -0.1) is 0 Å². The van der Waals surface area contributed by atoms with Crippen molar-refractivity contribution in [3.8, 4) is 0 Å². The molecule has 0 radical (unpaired) electrons. The van der Waals surface area contributed by atoms with Gasteiger partial charge in [0.2, 0.25) is 0 Å². The molecule has 1 aliphatic rings. The molecule has 18 heavy (non-hydrogen) atoms. The predicted molar refractivity (Wildman–Crippen MR) is 65.5 cm³/mol. The van der Waals surface area contributed by atoms with E-state index in [2.05, 4.69) is 9.97 Å². The Bertz CT molecular complexity index is 428. The van der Waals surface area contributed by atoms with Gasteiger partial charge in [-0.3, -0.25) is 0 Å². The minimum atomic E-state index is -0.370. The van der Waals surface area contributed by atoms with Crippen LogP contribution in [0.4, 0.5) is 0 Å². The zero-order valence-corrected chi connectivity index (χ0v) is 10.8. The van der Waals surface area contributed by atoms with Crippen LogP contribution in [0.25, 0.3) is 0 Å². The van der Waals surface area contributed by atoms with Gasteiger partial charge in [-0.1, -0.05) is 0 Å². The van der Waals surface area contributed by atoms with E-state index in [1.807, 2.05) is 6.92 Å². The highest BCUT2D eigenvalue weighted by Crippen LogP contribution is 2.24. The topological polar surface area (TPSA) is 61.3 Å². The highest BCUT2D eigenvalue weighted by Gasteiger charge is 2.21.